The Morgan fingerprint density at radius 3 is 2.75 bits per heavy atom. The van der Waals surface area contributed by atoms with Crippen molar-refractivity contribution in [1.29, 1.82) is 5.26 Å². The first-order chi connectivity index (χ1) is 11.6. The van der Waals surface area contributed by atoms with E-state index in [-0.39, 0.29) is 11.1 Å². The molecule has 0 saturated carbocycles. The Morgan fingerprint density at radius 1 is 1.17 bits per heavy atom. The van der Waals surface area contributed by atoms with E-state index in [9.17, 15) is 4.39 Å². The molecule has 0 unspecified atom stereocenters. The van der Waals surface area contributed by atoms with Crippen LogP contribution in [-0.4, -0.2) is 0 Å². The van der Waals surface area contributed by atoms with Crippen LogP contribution in [0.2, 0.25) is 0 Å². The van der Waals surface area contributed by atoms with Crippen molar-refractivity contribution < 1.29 is 13.4 Å². The van der Waals surface area contributed by atoms with Gasteiger partial charge in [0.05, 0.1) is 17.2 Å². The molecule has 0 fully saturated rings. The van der Waals surface area contributed by atoms with Crippen LogP contribution in [0.3, 0.4) is 0 Å². The van der Waals surface area contributed by atoms with E-state index in [2.05, 4.69) is 0 Å². The lowest BCUT2D eigenvalue weighted by Gasteiger charge is -2.06. The number of hydrogen-bond donors (Lipinski definition) is 0. The zero-order valence-corrected chi connectivity index (χ0v) is 13.3. The molecular weight excluding hydrogens is 303 g/mol. The van der Waals surface area contributed by atoms with E-state index >= 15 is 0 Å². The van der Waals surface area contributed by atoms with E-state index < -0.39 is 5.82 Å². The normalized spacial score (nSPS) is 11.1. The molecule has 24 heavy (non-hydrogen) atoms. The van der Waals surface area contributed by atoms with Crippen LogP contribution in [-0.2, 0) is 7.05 Å². The van der Waals surface area contributed by atoms with Crippen molar-refractivity contribution in [2.75, 3.05) is 0 Å². The zero-order valence-electron chi connectivity index (χ0n) is 13.3. The number of nitrogens with zero attached hydrogens (tertiary/aromatic N) is 2. The molecule has 0 spiro atoms. The van der Waals surface area contributed by atoms with Gasteiger partial charge in [-0.3, -0.25) is 0 Å². The van der Waals surface area contributed by atoms with Crippen LogP contribution in [0.15, 0.2) is 53.1 Å². The molecular formula is C20H14FN2O+. The fraction of sp³-hybridized carbons (Fsp3) is 0.100. The second-order valence-corrected chi connectivity index (χ2v) is 5.88. The van der Waals surface area contributed by atoms with Crippen LogP contribution in [0.1, 0.15) is 11.1 Å². The Hall–Kier alpha value is -3.19. The van der Waals surface area contributed by atoms with Gasteiger partial charge in [0.2, 0.25) is 5.69 Å². The van der Waals surface area contributed by atoms with Gasteiger partial charge in [-0.05, 0) is 36.8 Å². The molecule has 116 valence electrons. The summed E-state index contributed by atoms with van der Waals surface area (Å²) >= 11 is 0. The molecule has 0 aliphatic rings. The predicted molar refractivity (Wildman–Crippen MR) is 89.7 cm³/mol. The summed E-state index contributed by atoms with van der Waals surface area (Å²) in [5.74, 6) is -0.513. The number of halogens is 1. The van der Waals surface area contributed by atoms with Crippen molar-refractivity contribution in [1.82, 2.24) is 0 Å². The fourth-order valence-electron chi connectivity index (χ4n) is 3.21. The summed E-state index contributed by atoms with van der Waals surface area (Å²) in [5.41, 5.74) is 4.15. The summed E-state index contributed by atoms with van der Waals surface area (Å²) < 4.78 is 22.1. The third-order valence-electron chi connectivity index (χ3n) is 4.34. The van der Waals surface area contributed by atoms with Crippen LogP contribution < -0.4 is 4.57 Å². The minimum absolute atomic E-state index is 0.189. The molecule has 0 amide bonds. The molecule has 0 atom stereocenters. The lowest BCUT2D eigenvalue weighted by atomic mass is 9.97. The van der Waals surface area contributed by atoms with Crippen molar-refractivity contribution in [3.8, 4) is 17.3 Å². The Bertz CT molecular complexity index is 1150. The molecule has 0 bridgehead atoms. The summed E-state index contributed by atoms with van der Waals surface area (Å²) in [6.45, 7) is 2.02. The maximum Gasteiger partial charge on any atom is 0.213 e. The van der Waals surface area contributed by atoms with Gasteiger partial charge in [0.1, 0.15) is 12.6 Å². The number of hydrogen-bond acceptors (Lipinski definition) is 2. The molecule has 0 radical (unpaired) electrons. The quantitative estimate of drug-likeness (QED) is 0.488. The summed E-state index contributed by atoms with van der Waals surface area (Å²) in [7, 11) is 1.97. The van der Waals surface area contributed by atoms with Crippen LogP contribution in [0.25, 0.3) is 33.2 Å². The molecule has 0 saturated heterocycles. The summed E-state index contributed by atoms with van der Waals surface area (Å²) in [6.07, 6.45) is 1.97. The van der Waals surface area contributed by atoms with Gasteiger partial charge in [-0.15, -0.1) is 0 Å². The van der Waals surface area contributed by atoms with Crippen LogP contribution >= 0.6 is 0 Å². The first-order valence-electron chi connectivity index (χ1n) is 7.60. The van der Waals surface area contributed by atoms with Crippen molar-refractivity contribution in [3.63, 3.8) is 0 Å². The standard InChI is InChI=1S/C20H14FN2O/c1-12-6-7-17-19(18(12)16-5-3-4-8-23(16)2)14-9-13(11-22)10-15(21)20(14)24-17/h3-10H,1-2H3/q+1. The zero-order chi connectivity index (χ0) is 16.8. The van der Waals surface area contributed by atoms with E-state index in [1.165, 1.54) is 6.07 Å². The number of aryl methyl sites for hydroxylation is 2. The highest BCUT2D eigenvalue weighted by molar-refractivity contribution is 6.13. The fourth-order valence-corrected chi connectivity index (χ4v) is 3.21. The number of nitriles is 1. The average molecular weight is 317 g/mol. The predicted octanol–water partition coefficient (Wildman–Crippen LogP) is 4.40. The van der Waals surface area contributed by atoms with Gasteiger partial charge in [0.25, 0.3) is 0 Å². The Morgan fingerprint density at radius 2 is 2.00 bits per heavy atom. The van der Waals surface area contributed by atoms with E-state index in [4.69, 9.17) is 9.68 Å². The second-order valence-electron chi connectivity index (χ2n) is 5.88. The number of benzene rings is 2. The lowest BCUT2D eigenvalue weighted by molar-refractivity contribution is -0.660. The van der Waals surface area contributed by atoms with E-state index in [0.717, 1.165) is 22.2 Å². The van der Waals surface area contributed by atoms with E-state index in [0.29, 0.717) is 11.0 Å². The Balaban J connectivity index is 2.23. The van der Waals surface area contributed by atoms with Gasteiger partial charge in [-0.1, -0.05) is 6.07 Å². The van der Waals surface area contributed by atoms with Gasteiger partial charge in [0.15, 0.2) is 17.6 Å². The van der Waals surface area contributed by atoms with Crippen molar-refractivity contribution in [2.45, 2.75) is 6.92 Å². The molecule has 2 aromatic carbocycles. The van der Waals surface area contributed by atoms with Gasteiger partial charge in [-0.2, -0.15) is 5.26 Å². The van der Waals surface area contributed by atoms with E-state index in [1.54, 1.807) is 6.07 Å². The first-order valence-corrected chi connectivity index (χ1v) is 7.60. The minimum Gasteiger partial charge on any atom is -0.453 e. The first kappa shape index (κ1) is 14.4. The molecule has 2 heterocycles. The second kappa shape index (κ2) is 5.17. The van der Waals surface area contributed by atoms with Crippen molar-refractivity contribution in [3.05, 3.63) is 65.6 Å². The van der Waals surface area contributed by atoms with Crippen LogP contribution in [0.5, 0.6) is 0 Å². The largest absolute Gasteiger partial charge is 0.453 e. The van der Waals surface area contributed by atoms with Crippen molar-refractivity contribution >= 4 is 21.9 Å². The monoisotopic (exact) mass is 317 g/mol. The Labute approximate surface area is 138 Å². The van der Waals surface area contributed by atoms with Gasteiger partial charge in [-0.25, -0.2) is 8.96 Å². The average Bonchev–Trinajstić information content (AvgIpc) is 2.95. The molecule has 4 heteroatoms. The topological polar surface area (TPSA) is 40.8 Å². The molecule has 0 aliphatic carbocycles. The Kier molecular flexibility index (Phi) is 3.10. The molecule has 2 aromatic heterocycles. The third-order valence-corrected chi connectivity index (χ3v) is 4.34. The van der Waals surface area contributed by atoms with Gasteiger partial charge < -0.3 is 4.42 Å². The highest BCUT2D eigenvalue weighted by Crippen LogP contribution is 2.38. The van der Waals surface area contributed by atoms with E-state index in [1.807, 2.05) is 61.1 Å². The minimum atomic E-state index is -0.513. The molecule has 0 aliphatic heterocycles. The molecule has 4 rings (SSSR count). The van der Waals surface area contributed by atoms with Gasteiger partial charge in [0, 0.05) is 22.9 Å². The maximum absolute atomic E-state index is 14.3. The number of rotatable bonds is 1. The summed E-state index contributed by atoms with van der Waals surface area (Å²) in [5, 5.41) is 10.6. The SMILES string of the molecule is Cc1ccc2oc3c(F)cc(C#N)cc3c2c1-c1cccc[n+]1C. The number of furan rings is 1. The van der Waals surface area contributed by atoms with Gasteiger partial charge >= 0.3 is 0 Å². The smallest absolute Gasteiger partial charge is 0.213 e. The maximum atomic E-state index is 14.3. The lowest BCUT2D eigenvalue weighted by Crippen LogP contribution is -2.30. The van der Waals surface area contributed by atoms with Crippen LogP contribution in [0.4, 0.5) is 4.39 Å². The number of fused-ring (bicyclic) bond motifs is 3. The number of aromatic nitrogens is 1. The van der Waals surface area contributed by atoms with Crippen molar-refractivity contribution in [2.24, 2.45) is 7.05 Å². The summed E-state index contributed by atoms with van der Waals surface area (Å²) in [6, 6.07) is 14.7. The number of pyridine rings is 1. The molecule has 4 aromatic rings. The molecule has 3 nitrogen and oxygen atoms in total. The third kappa shape index (κ3) is 1.99. The summed E-state index contributed by atoms with van der Waals surface area (Å²) in [4.78, 5) is 0. The molecule has 0 N–H and O–H groups in total. The van der Waals surface area contributed by atoms with Crippen LogP contribution in [0, 0.1) is 24.1 Å². The highest BCUT2D eigenvalue weighted by atomic mass is 19.1. The highest BCUT2D eigenvalue weighted by Gasteiger charge is 2.21.